The van der Waals surface area contributed by atoms with E-state index in [9.17, 15) is 14.7 Å². The highest BCUT2D eigenvalue weighted by molar-refractivity contribution is 9.10. The predicted molar refractivity (Wildman–Crippen MR) is 90.4 cm³/mol. The fourth-order valence-electron chi connectivity index (χ4n) is 1.57. The zero-order chi connectivity index (χ0) is 16.9. The van der Waals surface area contributed by atoms with Gasteiger partial charge in [0.2, 0.25) is 0 Å². The van der Waals surface area contributed by atoms with Crippen molar-refractivity contribution in [2.24, 2.45) is 0 Å². The van der Waals surface area contributed by atoms with Crippen LogP contribution in [0.2, 0.25) is 0 Å². The number of aliphatic carboxylic acids is 1. The maximum atomic E-state index is 11.7. The Hall–Kier alpha value is -1.21. The Morgan fingerprint density at radius 1 is 1.41 bits per heavy atom. The first-order chi connectivity index (χ1) is 10.1. The van der Waals surface area contributed by atoms with Crippen LogP contribution in [0.3, 0.4) is 0 Å². The van der Waals surface area contributed by atoms with Crippen molar-refractivity contribution in [2.45, 2.75) is 44.2 Å². The number of thioether (sulfide) groups is 1. The molecule has 0 aliphatic rings. The maximum Gasteiger partial charge on any atom is 0.408 e. The van der Waals surface area contributed by atoms with Gasteiger partial charge in [0.15, 0.2) is 0 Å². The van der Waals surface area contributed by atoms with Crippen molar-refractivity contribution >= 4 is 39.8 Å². The Kier molecular flexibility index (Phi) is 6.74. The Balaban J connectivity index is 2.65. The second-order valence-electron chi connectivity index (χ2n) is 5.76. The molecule has 5 nitrogen and oxygen atoms in total. The van der Waals surface area contributed by atoms with Gasteiger partial charge in [-0.25, -0.2) is 9.59 Å². The number of benzene rings is 1. The van der Waals surface area contributed by atoms with Crippen LogP contribution in [0.5, 0.6) is 0 Å². The Labute approximate surface area is 142 Å². The van der Waals surface area contributed by atoms with E-state index in [0.29, 0.717) is 0 Å². The van der Waals surface area contributed by atoms with Crippen molar-refractivity contribution in [3.63, 3.8) is 0 Å². The number of aryl methyl sites for hydroxylation is 1. The highest BCUT2D eigenvalue weighted by Gasteiger charge is 2.24. The minimum Gasteiger partial charge on any atom is -0.480 e. The molecule has 1 amide bonds. The summed E-state index contributed by atoms with van der Waals surface area (Å²) in [5.41, 5.74) is 0.378. The van der Waals surface area contributed by atoms with E-state index in [1.165, 1.54) is 11.8 Å². The van der Waals surface area contributed by atoms with Gasteiger partial charge in [0.25, 0.3) is 0 Å². The van der Waals surface area contributed by atoms with Gasteiger partial charge in [-0.1, -0.05) is 15.9 Å². The summed E-state index contributed by atoms with van der Waals surface area (Å²) in [5, 5.41) is 11.6. The SMILES string of the molecule is Cc1cc(Br)ccc1SC[C@H](NC(=O)OC(C)(C)C)C(=O)O. The number of hydrogen-bond donors (Lipinski definition) is 2. The van der Waals surface area contributed by atoms with Gasteiger partial charge in [0, 0.05) is 15.1 Å². The van der Waals surface area contributed by atoms with Crippen LogP contribution in [0, 0.1) is 6.92 Å². The lowest BCUT2D eigenvalue weighted by Crippen LogP contribution is -2.44. The van der Waals surface area contributed by atoms with Crippen LogP contribution in [0.15, 0.2) is 27.6 Å². The van der Waals surface area contributed by atoms with Gasteiger partial charge < -0.3 is 15.2 Å². The van der Waals surface area contributed by atoms with Crippen molar-refractivity contribution in [1.29, 1.82) is 0 Å². The van der Waals surface area contributed by atoms with Gasteiger partial charge >= 0.3 is 12.1 Å². The first-order valence-corrected chi connectivity index (χ1v) is 8.47. The molecule has 0 aliphatic carbocycles. The fourth-order valence-corrected chi connectivity index (χ4v) is 3.07. The summed E-state index contributed by atoms with van der Waals surface area (Å²) >= 11 is 4.76. The van der Waals surface area contributed by atoms with E-state index in [2.05, 4.69) is 21.2 Å². The molecular formula is C15H20BrNO4S. The molecule has 22 heavy (non-hydrogen) atoms. The first kappa shape index (κ1) is 18.8. The quantitative estimate of drug-likeness (QED) is 0.748. The maximum absolute atomic E-state index is 11.7. The summed E-state index contributed by atoms with van der Waals surface area (Å²) in [5.74, 6) is -0.870. The molecule has 0 spiro atoms. The number of alkyl carbamates (subject to hydrolysis) is 1. The fraction of sp³-hybridized carbons (Fsp3) is 0.467. The predicted octanol–water partition coefficient (Wildman–Crippen LogP) is 3.83. The summed E-state index contributed by atoms with van der Waals surface area (Å²) in [6.45, 7) is 7.12. The van der Waals surface area contributed by atoms with Crippen molar-refractivity contribution in [2.75, 3.05) is 5.75 Å². The van der Waals surface area contributed by atoms with E-state index in [0.717, 1.165) is 14.9 Å². The lowest BCUT2D eigenvalue weighted by Gasteiger charge is -2.22. The average Bonchev–Trinajstić information content (AvgIpc) is 2.33. The molecule has 1 aromatic carbocycles. The lowest BCUT2D eigenvalue weighted by atomic mass is 10.2. The van der Waals surface area contributed by atoms with E-state index >= 15 is 0 Å². The normalized spacial score (nSPS) is 12.6. The number of carbonyl (C=O) groups excluding carboxylic acids is 1. The van der Waals surface area contributed by atoms with Gasteiger partial charge in [-0.15, -0.1) is 11.8 Å². The number of nitrogens with one attached hydrogen (secondary N) is 1. The number of carboxylic acids is 1. The Morgan fingerprint density at radius 3 is 2.55 bits per heavy atom. The van der Waals surface area contributed by atoms with Gasteiger partial charge in [-0.2, -0.15) is 0 Å². The molecule has 0 unspecified atom stereocenters. The number of carboxylic acid groups (broad SMARTS) is 1. The molecule has 0 aliphatic heterocycles. The number of rotatable bonds is 5. The van der Waals surface area contributed by atoms with Crippen LogP contribution in [0.25, 0.3) is 0 Å². The van der Waals surface area contributed by atoms with Gasteiger partial charge in [-0.05, 0) is 51.5 Å². The molecule has 2 N–H and O–H groups in total. The van der Waals surface area contributed by atoms with Crippen molar-refractivity contribution in [3.8, 4) is 0 Å². The van der Waals surface area contributed by atoms with Gasteiger partial charge in [0.1, 0.15) is 11.6 Å². The van der Waals surface area contributed by atoms with Crippen LogP contribution >= 0.6 is 27.7 Å². The minimum atomic E-state index is -1.09. The van der Waals surface area contributed by atoms with Crippen molar-refractivity contribution in [3.05, 3.63) is 28.2 Å². The third kappa shape index (κ3) is 6.70. The summed E-state index contributed by atoms with van der Waals surface area (Å²) in [7, 11) is 0. The summed E-state index contributed by atoms with van der Waals surface area (Å²) in [4.78, 5) is 23.9. The van der Waals surface area contributed by atoms with Crippen molar-refractivity contribution < 1.29 is 19.4 Å². The molecule has 0 saturated carbocycles. The van der Waals surface area contributed by atoms with Crippen LogP contribution in [0.4, 0.5) is 4.79 Å². The highest BCUT2D eigenvalue weighted by atomic mass is 79.9. The van der Waals surface area contributed by atoms with E-state index in [4.69, 9.17) is 4.74 Å². The highest BCUT2D eigenvalue weighted by Crippen LogP contribution is 2.26. The van der Waals surface area contributed by atoms with E-state index in [1.54, 1.807) is 20.8 Å². The van der Waals surface area contributed by atoms with Gasteiger partial charge in [-0.3, -0.25) is 0 Å². The molecule has 0 heterocycles. The molecule has 1 atom stereocenters. The van der Waals surface area contributed by atoms with E-state index in [1.807, 2.05) is 25.1 Å². The molecule has 0 bridgehead atoms. The number of carbonyl (C=O) groups is 2. The summed E-state index contributed by atoms with van der Waals surface area (Å²) in [6.07, 6.45) is -0.729. The number of halogens is 1. The lowest BCUT2D eigenvalue weighted by molar-refractivity contribution is -0.138. The largest absolute Gasteiger partial charge is 0.480 e. The number of ether oxygens (including phenoxy) is 1. The summed E-state index contributed by atoms with van der Waals surface area (Å²) < 4.78 is 6.05. The molecule has 0 radical (unpaired) electrons. The topological polar surface area (TPSA) is 75.6 Å². The third-order valence-corrected chi connectivity index (χ3v) is 4.29. The van der Waals surface area contributed by atoms with Gasteiger partial charge in [0.05, 0.1) is 0 Å². The van der Waals surface area contributed by atoms with Crippen LogP contribution in [0.1, 0.15) is 26.3 Å². The molecule has 7 heteroatoms. The van der Waals surface area contributed by atoms with E-state index < -0.39 is 23.7 Å². The molecule has 1 aromatic rings. The molecule has 0 fully saturated rings. The standard InChI is InChI=1S/C15H20BrNO4S/c1-9-7-10(16)5-6-12(9)22-8-11(13(18)19)17-14(20)21-15(2,3)4/h5-7,11H,8H2,1-4H3,(H,17,20)(H,18,19)/t11-/m0/s1. The van der Waals surface area contributed by atoms with Crippen molar-refractivity contribution in [1.82, 2.24) is 5.32 Å². The minimum absolute atomic E-state index is 0.219. The van der Waals surface area contributed by atoms with Crippen LogP contribution < -0.4 is 5.32 Å². The molecule has 1 rings (SSSR count). The average molecular weight is 390 g/mol. The first-order valence-electron chi connectivity index (χ1n) is 6.70. The molecule has 122 valence electrons. The smallest absolute Gasteiger partial charge is 0.408 e. The van der Waals surface area contributed by atoms with Crippen LogP contribution in [-0.4, -0.2) is 34.6 Å². The third-order valence-electron chi connectivity index (χ3n) is 2.53. The zero-order valence-electron chi connectivity index (χ0n) is 13.0. The van der Waals surface area contributed by atoms with E-state index in [-0.39, 0.29) is 5.75 Å². The Morgan fingerprint density at radius 2 is 2.05 bits per heavy atom. The molecule has 0 saturated heterocycles. The number of amides is 1. The molecular weight excluding hydrogens is 370 g/mol. The second-order valence-corrected chi connectivity index (χ2v) is 7.74. The molecule has 0 aromatic heterocycles. The Bertz CT molecular complexity index is 557. The van der Waals surface area contributed by atoms with Crippen LogP contribution in [-0.2, 0) is 9.53 Å². The summed E-state index contributed by atoms with van der Waals surface area (Å²) in [6, 6.07) is 4.75. The zero-order valence-corrected chi connectivity index (χ0v) is 15.4. The second kappa shape index (κ2) is 7.87. The monoisotopic (exact) mass is 389 g/mol. The number of hydrogen-bond acceptors (Lipinski definition) is 4.